The maximum atomic E-state index is 12.0. The van der Waals surface area contributed by atoms with E-state index >= 15 is 0 Å². The number of hydrogen-bond donors (Lipinski definition) is 0. The molecule has 0 nitrogen and oxygen atoms in total. The SMILES string of the molecule is FC(F)(F)C1=CC(Cl)C(Cl)C=C1. The lowest BCUT2D eigenvalue weighted by Gasteiger charge is -2.17. The van der Waals surface area contributed by atoms with E-state index in [1.54, 1.807) is 0 Å². The average Bonchev–Trinajstić information content (AvgIpc) is 1.92. The third-order valence-electron chi connectivity index (χ3n) is 1.43. The van der Waals surface area contributed by atoms with Crippen LogP contribution in [0.3, 0.4) is 0 Å². The Morgan fingerprint density at radius 3 is 2.17 bits per heavy atom. The quantitative estimate of drug-likeness (QED) is 0.546. The second kappa shape index (κ2) is 3.30. The van der Waals surface area contributed by atoms with E-state index in [0.29, 0.717) is 0 Å². The summed E-state index contributed by atoms with van der Waals surface area (Å²) in [4.78, 5) is 0. The topological polar surface area (TPSA) is 0 Å². The average molecular weight is 217 g/mol. The van der Waals surface area contributed by atoms with Crippen LogP contribution in [0.4, 0.5) is 13.2 Å². The van der Waals surface area contributed by atoms with E-state index in [2.05, 4.69) is 0 Å². The van der Waals surface area contributed by atoms with Crippen molar-refractivity contribution in [3.05, 3.63) is 23.8 Å². The van der Waals surface area contributed by atoms with E-state index in [1.807, 2.05) is 0 Å². The standard InChI is InChI=1S/C7H5Cl2F3/c8-5-2-1-4(3-6(5)9)7(10,11)12/h1-3,5-6H. The second-order valence-electron chi connectivity index (χ2n) is 2.37. The van der Waals surface area contributed by atoms with Gasteiger partial charge in [0.25, 0.3) is 0 Å². The van der Waals surface area contributed by atoms with Gasteiger partial charge < -0.3 is 0 Å². The first-order valence-corrected chi connectivity index (χ1v) is 4.04. The molecule has 1 aliphatic rings. The highest BCUT2D eigenvalue weighted by molar-refractivity contribution is 6.31. The fraction of sp³-hybridized carbons (Fsp3) is 0.429. The molecule has 1 aliphatic carbocycles. The summed E-state index contributed by atoms with van der Waals surface area (Å²) in [5.41, 5.74) is -0.737. The maximum Gasteiger partial charge on any atom is 0.416 e. The first-order chi connectivity index (χ1) is 5.41. The van der Waals surface area contributed by atoms with Gasteiger partial charge in [-0.1, -0.05) is 18.2 Å². The van der Waals surface area contributed by atoms with Gasteiger partial charge in [0.2, 0.25) is 0 Å². The Morgan fingerprint density at radius 1 is 1.17 bits per heavy atom. The first kappa shape index (κ1) is 9.93. The summed E-state index contributed by atoms with van der Waals surface area (Å²) in [5.74, 6) is 0. The third-order valence-corrected chi connectivity index (χ3v) is 2.37. The summed E-state index contributed by atoms with van der Waals surface area (Å²) in [6.45, 7) is 0. The molecule has 0 aromatic carbocycles. The van der Waals surface area contributed by atoms with Crippen LogP contribution >= 0.6 is 23.2 Å². The number of allylic oxidation sites excluding steroid dienone is 4. The van der Waals surface area contributed by atoms with Gasteiger partial charge in [-0.15, -0.1) is 23.2 Å². The molecule has 0 aliphatic heterocycles. The predicted molar refractivity (Wildman–Crippen MR) is 42.6 cm³/mol. The third kappa shape index (κ3) is 2.17. The molecule has 2 unspecified atom stereocenters. The summed E-state index contributed by atoms with van der Waals surface area (Å²) < 4.78 is 36.1. The molecule has 0 aromatic rings. The van der Waals surface area contributed by atoms with Crippen LogP contribution in [-0.4, -0.2) is 16.9 Å². The van der Waals surface area contributed by atoms with Crippen LogP contribution in [0.2, 0.25) is 0 Å². The van der Waals surface area contributed by atoms with Gasteiger partial charge in [0, 0.05) is 0 Å². The smallest absolute Gasteiger partial charge is 0.166 e. The Bertz CT molecular complexity index is 229. The lowest BCUT2D eigenvalue weighted by atomic mass is 10.1. The molecule has 0 saturated heterocycles. The van der Waals surface area contributed by atoms with Crippen molar-refractivity contribution in [2.24, 2.45) is 0 Å². The molecule has 0 bridgehead atoms. The number of halogens is 5. The molecule has 0 N–H and O–H groups in total. The van der Waals surface area contributed by atoms with Crippen molar-refractivity contribution < 1.29 is 13.2 Å². The van der Waals surface area contributed by atoms with Crippen LogP contribution in [0.1, 0.15) is 0 Å². The zero-order chi connectivity index (χ0) is 9.35. The van der Waals surface area contributed by atoms with Crippen molar-refractivity contribution in [2.75, 3.05) is 0 Å². The van der Waals surface area contributed by atoms with Crippen molar-refractivity contribution in [3.63, 3.8) is 0 Å². The summed E-state index contributed by atoms with van der Waals surface area (Å²) in [5, 5.41) is -1.34. The fourth-order valence-electron chi connectivity index (χ4n) is 0.810. The molecule has 5 heteroatoms. The van der Waals surface area contributed by atoms with Gasteiger partial charge in [-0.05, 0) is 0 Å². The Hall–Kier alpha value is -0.150. The van der Waals surface area contributed by atoms with E-state index in [1.165, 1.54) is 6.08 Å². The van der Waals surface area contributed by atoms with Crippen molar-refractivity contribution >= 4 is 23.2 Å². The Kier molecular flexibility index (Phi) is 2.74. The minimum atomic E-state index is -4.33. The van der Waals surface area contributed by atoms with Crippen molar-refractivity contribution in [1.82, 2.24) is 0 Å². The molecule has 0 fully saturated rings. The summed E-state index contributed by atoms with van der Waals surface area (Å²) in [6.07, 6.45) is -1.24. The van der Waals surface area contributed by atoms with Crippen LogP contribution in [0.5, 0.6) is 0 Å². The highest BCUT2D eigenvalue weighted by Crippen LogP contribution is 2.31. The summed E-state index contributed by atoms with van der Waals surface area (Å²) in [7, 11) is 0. The van der Waals surface area contributed by atoms with Gasteiger partial charge in [-0.2, -0.15) is 13.2 Å². The lowest BCUT2D eigenvalue weighted by Crippen LogP contribution is -2.20. The molecular weight excluding hydrogens is 212 g/mol. The zero-order valence-electron chi connectivity index (χ0n) is 5.78. The normalized spacial score (nSPS) is 30.2. The molecule has 1 rings (SSSR count). The van der Waals surface area contributed by atoms with E-state index in [4.69, 9.17) is 23.2 Å². The van der Waals surface area contributed by atoms with Gasteiger partial charge in [0.05, 0.1) is 16.3 Å². The van der Waals surface area contributed by atoms with Gasteiger partial charge in [-0.3, -0.25) is 0 Å². The maximum absolute atomic E-state index is 12.0. The van der Waals surface area contributed by atoms with E-state index < -0.39 is 22.5 Å². The van der Waals surface area contributed by atoms with Crippen LogP contribution < -0.4 is 0 Å². The molecule has 12 heavy (non-hydrogen) atoms. The number of rotatable bonds is 0. The molecular formula is C7H5Cl2F3. The number of alkyl halides is 5. The minimum absolute atomic E-state index is 0.558. The molecule has 0 saturated carbocycles. The van der Waals surface area contributed by atoms with E-state index in [0.717, 1.165) is 12.2 Å². The van der Waals surface area contributed by atoms with Gasteiger partial charge in [0.15, 0.2) is 0 Å². The summed E-state index contributed by atoms with van der Waals surface area (Å²) in [6, 6.07) is 0. The Labute approximate surface area is 77.6 Å². The highest BCUT2D eigenvalue weighted by atomic mass is 35.5. The molecule has 0 heterocycles. The zero-order valence-corrected chi connectivity index (χ0v) is 7.29. The van der Waals surface area contributed by atoms with Crippen LogP contribution in [0.25, 0.3) is 0 Å². The molecule has 68 valence electrons. The predicted octanol–water partition coefficient (Wildman–Crippen LogP) is 3.26. The largest absolute Gasteiger partial charge is 0.416 e. The van der Waals surface area contributed by atoms with Gasteiger partial charge in [0.1, 0.15) is 0 Å². The van der Waals surface area contributed by atoms with Crippen molar-refractivity contribution in [3.8, 4) is 0 Å². The lowest BCUT2D eigenvalue weighted by molar-refractivity contribution is -0.0885. The summed E-state index contributed by atoms with van der Waals surface area (Å²) >= 11 is 11.1. The van der Waals surface area contributed by atoms with Crippen LogP contribution in [0, 0.1) is 0 Å². The monoisotopic (exact) mass is 216 g/mol. The van der Waals surface area contributed by atoms with E-state index in [-0.39, 0.29) is 0 Å². The molecule has 0 amide bonds. The number of hydrogen-bond acceptors (Lipinski definition) is 0. The van der Waals surface area contributed by atoms with Crippen LogP contribution in [0.15, 0.2) is 23.8 Å². The second-order valence-corrected chi connectivity index (χ2v) is 3.38. The molecule has 0 spiro atoms. The Morgan fingerprint density at radius 2 is 1.75 bits per heavy atom. The van der Waals surface area contributed by atoms with Gasteiger partial charge in [-0.25, -0.2) is 0 Å². The highest BCUT2D eigenvalue weighted by Gasteiger charge is 2.34. The van der Waals surface area contributed by atoms with Gasteiger partial charge >= 0.3 is 6.18 Å². The van der Waals surface area contributed by atoms with Crippen LogP contribution in [-0.2, 0) is 0 Å². The molecule has 2 atom stereocenters. The van der Waals surface area contributed by atoms with Crippen molar-refractivity contribution in [2.45, 2.75) is 16.9 Å². The molecule has 0 radical (unpaired) electrons. The minimum Gasteiger partial charge on any atom is -0.166 e. The molecule has 0 aromatic heterocycles. The first-order valence-electron chi connectivity index (χ1n) is 3.16. The van der Waals surface area contributed by atoms with Crippen molar-refractivity contribution in [1.29, 1.82) is 0 Å². The fourth-order valence-corrected chi connectivity index (χ4v) is 1.17. The van der Waals surface area contributed by atoms with E-state index in [9.17, 15) is 13.2 Å². The Balaban J connectivity index is 2.84.